The lowest BCUT2D eigenvalue weighted by Crippen LogP contribution is -2.41. The van der Waals surface area contributed by atoms with Gasteiger partial charge >= 0.3 is 6.09 Å². The van der Waals surface area contributed by atoms with Crippen molar-refractivity contribution >= 4 is 6.09 Å². The van der Waals surface area contributed by atoms with Crippen molar-refractivity contribution in [3.05, 3.63) is 24.4 Å². The maximum atomic E-state index is 12.4. The first-order valence-corrected chi connectivity index (χ1v) is 7.99. The van der Waals surface area contributed by atoms with Crippen molar-refractivity contribution in [2.45, 2.75) is 57.7 Å². The van der Waals surface area contributed by atoms with Gasteiger partial charge in [0.2, 0.25) is 5.88 Å². The van der Waals surface area contributed by atoms with Gasteiger partial charge in [0.05, 0.1) is 6.61 Å². The van der Waals surface area contributed by atoms with E-state index < -0.39 is 5.60 Å². The van der Waals surface area contributed by atoms with Crippen LogP contribution in [0, 0.1) is 5.92 Å². The third-order valence-corrected chi connectivity index (χ3v) is 4.35. The SMILES string of the molecule is CC(C)(C)OC(=O)N1C2CCC1C(COc1ccccn1)C2. The highest BCUT2D eigenvalue weighted by Crippen LogP contribution is 2.42. The van der Waals surface area contributed by atoms with Crippen LogP contribution in [0.4, 0.5) is 4.79 Å². The highest BCUT2D eigenvalue weighted by molar-refractivity contribution is 5.70. The molecule has 22 heavy (non-hydrogen) atoms. The van der Waals surface area contributed by atoms with Crippen molar-refractivity contribution in [2.75, 3.05) is 6.61 Å². The molecule has 2 bridgehead atoms. The highest BCUT2D eigenvalue weighted by Gasteiger charge is 2.50. The molecule has 0 saturated carbocycles. The smallest absolute Gasteiger partial charge is 0.410 e. The molecule has 1 aromatic heterocycles. The lowest BCUT2D eigenvalue weighted by atomic mass is 9.90. The Labute approximate surface area is 131 Å². The summed E-state index contributed by atoms with van der Waals surface area (Å²) in [5.74, 6) is 1.02. The van der Waals surface area contributed by atoms with E-state index in [1.807, 2.05) is 43.9 Å². The number of hydrogen-bond acceptors (Lipinski definition) is 4. The molecule has 2 saturated heterocycles. The van der Waals surface area contributed by atoms with Gasteiger partial charge in [-0.1, -0.05) is 6.07 Å². The fraction of sp³-hybridized carbons (Fsp3) is 0.647. The predicted octanol–water partition coefficient (Wildman–Crippen LogP) is 3.25. The van der Waals surface area contributed by atoms with Crippen LogP contribution in [0.15, 0.2) is 24.4 Å². The lowest BCUT2D eigenvalue weighted by molar-refractivity contribution is 0.0198. The number of amides is 1. The van der Waals surface area contributed by atoms with Crippen LogP contribution in [-0.4, -0.2) is 40.3 Å². The molecule has 3 heterocycles. The van der Waals surface area contributed by atoms with Gasteiger partial charge in [0, 0.05) is 30.3 Å². The van der Waals surface area contributed by atoms with Gasteiger partial charge in [0.25, 0.3) is 0 Å². The van der Waals surface area contributed by atoms with Crippen molar-refractivity contribution in [3.8, 4) is 5.88 Å². The zero-order valence-electron chi connectivity index (χ0n) is 13.5. The minimum absolute atomic E-state index is 0.180. The molecule has 3 unspecified atom stereocenters. The summed E-state index contributed by atoms with van der Waals surface area (Å²) in [6.07, 6.45) is 4.66. The van der Waals surface area contributed by atoms with Crippen LogP contribution in [-0.2, 0) is 4.74 Å². The standard InChI is InChI=1S/C17H24N2O3/c1-17(2,3)22-16(20)19-13-7-8-14(19)12(10-13)11-21-15-6-4-5-9-18-15/h4-6,9,12-14H,7-8,10-11H2,1-3H3. The van der Waals surface area contributed by atoms with Crippen molar-refractivity contribution < 1.29 is 14.3 Å². The molecule has 3 rings (SSSR count). The van der Waals surface area contributed by atoms with Crippen LogP contribution in [0.25, 0.3) is 0 Å². The molecule has 2 fully saturated rings. The summed E-state index contributed by atoms with van der Waals surface area (Å²) < 4.78 is 11.3. The quantitative estimate of drug-likeness (QED) is 0.860. The predicted molar refractivity (Wildman–Crippen MR) is 82.7 cm³/mol. The average molecular weight is 304 g/mol. The first-order chi connectivity index (χ1) is 10.4. The molecule has 0 radical (unpaired) electrons. The number of carbonyl (C=O) groups excluding carboxylic acids is 1. The van der Waals surface area contributed by atoms with Crippen LogP contribution in [0.5, 0.6) is 5.88 Å². The zero-order valence-corrected chi connectivity index (χ0v) is 13.5. The molecule has 2 aliphatic heterocycles. The van der Waals surface area contributed by atoms with E-state index in [2.05, 4.69) is 4.98 Å². The fourth-order valence-electron chi connectivity index (χ4n) is 3.52. The molecule has 0 N–H and O–H groups in total. The Kier molecular flexibility index (Phi) is 3.98. The number of ether oxygens (including phenoxy) is 2. The Hall–Kier alpha value is -1.78. The largest absolute Gasteiger partial charge is 0.477 e. The fourth-order valence-corrected chi connectivity index (χ4v) is 3.52. The second-order valence-corrected chi connectivity index (χ2v) is 7.16. The number of carbonyl (C=O) groups is 1. The number of aromatic nitrogens is 1. The van der Waals surface area contributed by atoms with Gasteiger partial charge in [-0.2, -0.15) is 0 Å². The maximum Gasteiger partial charge on any atom is 0.410 e. The minimum Gasteiger partial charge on any atom is -0.477 e. The first-order valence-electron chi connectivity index (χ1n) is 7.99. The van der Waals surface area contributed by atoms with Crippen molar-refractivity contribution in [2.24, 2.45) is 5.92 Å². The summed E-state index contributed by atoms with van der Waals surface area (Å²) >= 11 is 0. The molecule has 5 nitrogen and oxygen atoms in total. The molecule has 120 valence electrons. The summed E-state index contributed by atoms with van der Waals surface area (Å²) in [7, 11) is 0. The number of hydrogen-bond donors (Lipinski definition) is 0. The van der Waals surface area contributed by atoms with E-state index in [0.717, 1.165) is 19.3 Å². The van der Waals surface area contributed by atoms with Gasteiger partial charge in [0.15, 0.2) is 0 Å². The molecule has 0 aliphatic carbocycles. The zero-order chi connectivity index (χ0) is 15.7. The summed E-state index contributed by atoms with van der Waals surface area (Å²) in [4.78, 5) is 18.5. The van der Waals surface area contributed by atoms with E-state index in [1.165, 1.54) is 0 Å². The van der Waals surface area contributed by atoms with Gasteiger partial charge < -0.3 is 14.4 Å². The van der Waals surface area contributed by atoms with E-state index in [4.69, 9.17) is 9.47 Å². The number of fused-ring (bicyclic) bond motifs is 2. The maximum absolute atomic E-state index is 12.4. The van der Waals surface area contributed by atoms with E-state index >= 15 is 0 Å². The lowest BCUT2D eigenvalue weighted by Gasteiger charge is -2.28. The van der Waals surface area contributed by atoms with E-state index in [1.54, 1.807) is 6.20 Å². The third-order valence-electron chi connectivity index (χ3n) is 4.35. The molecule has 3 atom stereocenters. The summed E-state index contributed by atoms with van der Waals surface area (Å²) in [5.41, 5.74) is -0.445. The second kappa shape index (κ2) is 5.78. The summed E-state index contributed by atoms with van der Waals surface area (Å²) in [6.45, 7) is 6.33. The van der Waals surface area contributed by atoms with Crippen molar-refractivity contribution in [1.82, 2.24) is 9.88 Å². The third kappa shape index (κ3) is 3.18. The van der Waals surface area contributed by atoms with E-state index in [-0.39, 0.29) is 12.1 Å². The Morgan fingerprint density at radius 2 is 2.18 bits per heavy atom. The normalized spacial score (nSPS) is 27.0. The Balaban J connectivity index is 1.59. The topological polar surface area (TPSA) is 51.7 Å². The molecule has 1 aromatic rings. The second-order valence-electron chi connectivity index (χ2n) is 7.16. The number of pyridine rings is 1. The highest BCUT2D eigenvalue weighted by atomic mass is 16.6. The molecule has 5 heteroatoms. The van der Waals surface area contributed by atoms with Crippen LogP contribution < -0.4 is 4.74 Å². The Morgan fingerprint density at radius 3 is 2.86 bits per heavy atom. The molecule has 0 spiro atoms. The summed E-state index contributed by atoms with van der Waals surface area (Å²) in [5, 5.41) is 0. The molecular formula is C17H24N2O3. The van der Waals surface area contributed by atoms with Crippen molar-refractivity contribution in [1.29, 1.82) is 0 Å². The molecule has 1 amide bonds. The van der Waals surface area contributed by atoms with Crippen molar-refractivity contribution in [3.63, 3.8) is 0 Å². The van der Waals surface area contributed by atoms with Crippen LogP contribution >= 0.6 is 0 Å². The molecule has 2 aliphatic rings. The van der Waals surface area contributed by atoms with E-state index in [9.17, 15) is 4.79 Å². The first kappa shape index (κ1) is 15.1. The van der Waals surface area contributed by atoms with Gasteiger partial charge in [-0.25, -0.2) is 9.78 Å². The van der Waals surface area contributed by atoms with Gasteiger partial charge in [-0.15, -0.1) is 0 Å². The summed E-state index contributed by atoms with van der Waals surface area (Å²) in [6, 6.07) is 6.18. The monoisotopic (exact) mass is 304 g/mol. The number of nitrogens with zero attached hydrogens (tertiary/aromatic N) is 2. The van der Waals surface area contributed by atoms with Gasteiger partial charge in [0.1, 0.15) is 5.60 Å². The molecular weight excluding hydrogens is 280 g/mol. The Bertz CT molecular complexity index is 526. The average Bonchev–Trinajstić information content (AvgIpc) is 3.02. The Morgan fingerprint density at radius 1 is 1.36 bits per heavy atom. The molecule has 0 aromatic carbocycles. The van der Waals surface area contributed by atoms with E-state index in [0.29, 0.717) is 24.4 Å². The number of rotatable bonds is 3. The minimum atomic E-state index is -0.445. The van der Waals surface area contributed by atoms with Crippen LogP contribution in [0.3, 0.4) is 0 Å². The van der Waals surface area contributed by atoms with Gasteiger partial charge in [-0.3, -0.25) is 0 Å². The van der Waals surface area contributed by atoms with Crippen LogP contribution in [0.1, 0.15) is 40.0 Å². The van der Waals surface area contributed by atoms with Crippen LogP contribution in [0.2, 0.25) is 0 Å². The van der Waals surface area contributed by atoms with Gasteiger partial charge in [-0.05, 0) is 46.1 Å².